The SMILES string of the molecule is CC(C)(C)CC(C)(C)NS(=O)(=O)c1ccc(I)cc1. The van der Waals surface area contributed by atoms with E-state index in [1.54, 1.807) is 24.3 Å². The van der Waals surface area contributed by atoms with Gasteiger partial charge in [0.1, 0.15) is 0 Å². The number of benzene rings is 1. The fraction of sp³-hybridized carbons (Fsp3) is 0.571. The molecule has 19 heavy (non-hydrogen) atoms. The second-order valence-corrected chi connectivity index (χ2v) is 9.61. The van der Waals surface area contributed by atoms with E-state index in [1.807, 2.05) is 13.8 Å². The topological polar surface area (TPSA) is 46.2 Å². The zero-order chi connectivity index (χ0) is 14.9. The van der Waals surface area contributed by atoms with Gasteiger partial charge < -0.3 is 0 Å². The van der Waals surface area contributed by atoms with Gasteiger partial charge in [-0.15, -0.1) is 0 Å². The summed E-state index contributed by atoms with van der Waals surface area (Å²) in [6.07, 6.45) is 0.767. The Hall–Kier alpha value is -0.140. The van der Waals surface area contributed by atoms with Crippen molar-refractivity contribution in [2.24, 2.45) is 5.41 Å². The summed E-state index contributed by atoms with van der Waals surface area (Å²) < 4.78 is 28.5. The monoisotopic (exact) mass is 395 g/mol. The standard InChI is InChI=1S/C14H22INO2S/c1-13(2,3)10-14(4,5)16-19(17,18)12-8-6-11(15)7-9-12/h6-9,16H,10H2,1-5H3. The molecule has 0 atom stereocenters. The van der Waals surface area contributed by atoms with E-state index in [0.29, 0.717) is 4.90 Å². The quantitative estimate of drug-likeness (QED) is 0.789. The van der Waals surface area contributed by atoms with Gasteiger partial charge in [-0.1, -0.05) is 20.8 Å². The number of hydrogen-bond acceptors (Lipinski definition) is 2. The lowest BCUT2D eigenvalue weighted by Gasteiger charge is -2.32. The average molecular weight is 395 g/mol. The summed E-state index contributed by atoms with van der Waals surface area (Å²) >= 11 is 2.16. The van der Waals surface area contributed by atoms with E-state index < -0.39 is 15.6 Å². The van der Waals surface area contributed by atoms with E-state index in [0.717, 1.165) is 9.99 Å². The Bertz CT molecular complexity index is 528. The van der Waals surface area contributed by atoms with Crippen LogP contribution in [0, 0.1) is 8.99 Å². The molecule has 0 spiro atoms. The van der Waals surface area contributed by atoms with E-state index in [1.165, 1.54) is 0 Å². The van der Waals surface area contributed by atoms with Crippen molar-refractivity contribution in [1.82, 2.24) is 4.72 Å². The van der Waals surface area contributed by atoms with E-state index in [4.69, 9.17) is 0 Å². The highest BCUT2D eigenvalue weighted by Gasteiger charge is 2.30. The van der Waals surface area contributed by atoms with Crippen molar-refractivity contribution in [1.29, 1.82) is 0 Å². The lowest BCUT2D eigenvalue weighted by atomic mass is 9.82. The van der Waals surface area contributed by atoms with Crippen molar-refractivity contribution in [3.05, 3.63) is 27.8 Å². The maximum absolute atomic E-state index is 12.3. The summed E-state index contributed by atoms with van der Waals surface area (Å²) in [5.74, 6) is 0. The largest absolute Gasteiger partial charge is 0.241 e. The van der Waals surface area contributed by atoms with Crippen molar-refractivity contribution in [2.45, 2.75) is 51.5 Å². The van der Waals surface area contributed by atoms with Crippen LogP contribution in [0.5, 0.6) is 0 Å². The van der Waals surface area contributed by atoms with Gasteiger partial charge in [-0.3, -0.25) is 0 Å². The Morgan fingerprint density at radius 1 is 1.05 bits per heavy atom. The molecular weight excluding hydrogens is 373 g/mol. The van der Waals surface area contributed by atoms with Gasteiger partial charge in [0.25, 0.3) is 0 Å². The third kappa shape index (κ3) is 5.79. The van der Waals surface area contributed by atoms with Gasteiger partial charge in [0.15, 0.2) is 0 Å². The lowest BCUT2D eigenvalue weighted by molar-refractivity contribution is 0.269. The van der Waals surface area contributed by atoms with Crippen LogP contribution < -0.4 is 4.72 Å². The van der Waals surface area contributed by atoms with Gasteiger partial charge in [0.2, 0.25) is 10.0 Å². The van der Waals surface area contributed by atoms with Gasteiger partial charge in [0.05, 0.1) is 4.90 Å². The molecule has 0 unspecified atom stereocenters. The molecule has 0 fully saturated rings. The van der Waals surface area contributed by atoms with E-state index in [9.17, 15) is 8.42 Å². The predicted molar refractivity (Wildman–Crippen MR) is 87.6 cm³/mol. The number of hydrogen-bond donors (Lipinski definition) is 1. The van der Waals surface area contributed by atoms with Gasteiger partial charge in [-0.2, -0.15) is 0 Å². The molecule has 5 heteroatoms. The summed E-state index contributed by atoms with van der Waals surface area (Å²) in [6.45, 7) is 10.2. The molecule has 3 nitrogen and oxygen atoms in total. The Morgan fingerprint density at radius 3 is 1.95 bits per heavy atom. The molecule has 0 heterocycles. The molecule has 1 aromatic carbocycles. The molecule has 1 N–H and O–H groups in total. The summed E-state index contributed by atoms with van der Waals surface area (Å²) in [7, 11) is -3.46. The molecule has 0 aliphatic rings. The summed E-state index contributed by atoms with van der Waals surface area (Å²) in [4.78, 5) is 0.315. The second-order valence-electron chi connectivity index (χ2n) is 6.68. The molecule has 0 amide bonds. The first-order valence-electron chi connectivity index (χ1n) is 6.21. The molecule has 108 valence electrons. The zero-order valence-electron chi connectivity index (χ0n) is 12.1. The molecule has 1 rings (SSSR count). The van der Waals surface area contributed by atoms with Gasteiger partial charge >= 0.3 is 0 Å². The molecule has 0 radical (unpaired) electrons. The normalized spacial score (nSPS) is 13.6. The summed E-state index contributed by atoms with van der Waals surface area (Å²) in [6, 6.07) is 6.87. The zero-order valence-corrected chi connectivity index (χ0v) is 15.1. The van der Waals surface area contributed by atoms with Crippen LogP contribution in [-0.2, 0) is 10.0 Å². The molecule has 0 saturated carbocycles. The highest BCUT2D eigenvalue weighted by molar-refractivity contribution is 14.1. The van der Waals surface area contributed by atoms with Gasteiger partial charge in [-0.05, 0) is 72.5 Å². The van der Waals surface area contributed by atoms with Crippen LogP contribution in [0.15, 0.2) is 29.2 Å². The van der Waals surface area contributed by atoms with Crippen LogP contribution in [0.3, 0.4) is 0 Å². The van der Waals surface area contributed by atoms with Crippen LogP contribution in [0.2, 0.25) is 0 Å². The van der Waals surface area contributed by atoms with Gasteiger partial charge in [-0.25, -0.2) is 13.1 Å². The van der Waals surface area contributed by atoms with E-state index in [-0.39, 0.29) is 5.41 Å². The first kappa shape index (κ1) is 16.9. The van der Waals surface area contributed by atoms with Crippen molar-refractivity contribution in [3.8, 4) is 0 Å². The molecule has 0 aromatic heterocycles. The van der Waals surface area contributed by atoms with Crippen molar-refractivity contribution >= 4 is 32.6 Å². The Balaban J connectivity index is 2.94. The highest BCUT2D eigenvalue weighted by Crippen LogP contribution is 2.28. The van der Waals surface area contributed by atoms with Gasteiger partial charge in [0, 0.05) is 9.11 Å². The third-order valence-corrected chi connectivity index (χ3v) is 4.94. The number of rotatable bonds is 4. The molecule has 1 aromatic rings. The Kier molecular flexibility index (Phi) is 5.07. The molecule has 0 saturated heterocycles. The molecule has 0 aliphatic carbocycles. The first-order valence-corrected chi connectivity index (χ1v) is 8.77. The number of sulfonamides is 1. The number of halogens is 1. The second kappa shape index (κ2) is 5.69. The van der Waals surface area contributed by atoms with Crippen LogP contribution in [0.25, 0.3) is 0 Å². The van der Waals surface area contributed by atoms with E-state index in [2.05, 4.69) is 48.1 Å². The minimum atomic E-state index is -3.46. The van der Waals surface area contributed by atoms with Crippen molar-refractivity contribution in [2.75, 3.05) is 0 Å². The van der Waals surface area contributed by atoms with Crippen LogP contribution in [0.1, 0.15) is 41.0 Å². The Morgan fingerprint density at radius 2 is 1.53 bits per heavy atom. The minimum Gasteiger partial charge on any atom is -0.207 e. The summed E-state index contributed by atoms with van der Waals surface area (Å²) in [5, 5.41) is 0. The maximum Gasteiger partial charge on any atom is 0.241 e. The van der Waals surface area contributed by atoms with Crippen molar-refractivity contribution in [3.63, 3.8) is 0 Å². The van der Waals surface area contributed by atoms with Crippen LogP contribution in [0.4, 0.5) is 0 Å². The highest BCUT2D eigenvalue weighted by atomic mass is 127. The smallest absolute Gasteiger partial charge is 0.207 e. The van der Waals surface area contributed by atoms with Crippen LogP contribution in [-0.4, -0.2) is 14.0 Å². The first-order chi connectivity index (χ1) is 8.41. The van der Waals surface area contributed by atoms with Crippen LogP contribution >= 0.6 is 22.6 Å². The summed E-state index contributed by atoms with van der Waals surface area (Å²) in [5.41, 5.74) is -0.405. The lowest BCUT2D eigenvalue weighted by Crippen LogP contribution is -2.45. The van der Waals surface area contributed by atoms with E-state index >= 15 is 0 Å². The fourth-order valence-electron chi connectivity index (χ4n) is 2.40. The average Bonchev–Trinajstić information content (AvgIpc) is 2.11. The fourth-order valence-corrected chi connectivity index (χ4v) is 4.17. The predicted octanol–water partition coefficient (Wildman–Crippen LogP) is 3.78. The molecule has 0 bridgehead atoms. The molecular formula is C14H22INO2S. The molecule has 0 aliphatic heterocycles. The maximum atomic E-state index is 12.3. The minimum absolute atomic E-state index is 0.0675. The Labute approximate surface area is 130 Å². The third-order valence-electron chi connectivity index (χ3n) is 2.51. The van der Waals surface area contributed by atoms with Crippen molar-refractivity contribution < 1.29 is 8.42 Å². The number of nitrogens with one attached hydrogen (secondary N) is 1.